The number of carbonyl (C=O) groups is 2. The number of hydrogen-bond acceptors (Lipinski definition) is 6. The van der Waals surface area contributed by atoms with Gasteiger partial charge in [0.25, 0.3) is 5.91 Å². The number of fused-ring (bicyclic) bond motifs is 1. The molecule has 1 saturated heterocycles. The van der Waals surface area contributed by atoms with Gasteiger partial charge in [-0.25, -0.2) is 9.78 Å². The lowest BCUT2D eigenvalue weighted by Gasteiger charge is -2.20. The molecule has 0 spiro atoms. The van der Waals surface area contributed by atoms with Gasteiger partial charge < -0.3 is 19.7 Å². The zero-order valence-corrected chi connectivity index (χ0v) is 16.8. The first-order valence-corrected chi connectivity index (χ1v) is 9.90. The standard InChI is InChI=1S/C23H23N3O4/c1-29-18-9-6-8-17(14-18)24-21(27)15-30-23(28)19-13-16-7-2-3-10-20(16)25-22(19)26-11-4-5-12-26/h2-3,6-10,13-14H,4-5,11-12,15H2,1H3,(H,24,27). The van der Waals surface area contributed by atoms with E-state index in [0.717, 1.165) is 36.8 Å². The van der Waals surface area contributed by atoms with Gasteiger partial charge in [-0.2, -0.15) is 0 Å². The molecule has 1 aromatic heterocycles. The van der Waals surface area contributed by atoms with Crippen molar-refractivity contribution in [3.63, 3.8) is 0 Å². The summed E-state index contributed by atoms with van der Waals surface area (Å²) < 4.78 is 10.5. The molecule has 0 atom stereocenters. The van der Waals surface area contributed by atoms with Crippen molar-refractivity contribution in [2.75, 3.05) is 37.0 Å². The van der Waals surface area contributed by atoms with Gasteiger partial charge in [0.2, 0.25) is 0 Å². The molecule has 7 nitrogen and oxygen atoms in total. The van der Waals surface area contributed by atoms with Gasteiger partial charge in [-0.1, -0.05) is 24.3 Å². The van der Waals surface area contributed by atoms with Gasteiger partial charge in [-0.15, -0.1) is 0 Å². The molecule has 1 N–H and O–H groups in total. The molecule has 154 valence electrons. The third kappa shape index (κ3) is 4.35. The normalized spacial score (nSPS) is 13.3. The Kier molecular flexibility index (Phi) is 5.79. The predicted molar refractivity (Wildman–Crippen MR) is 115 cm³/mol. The fraction of sp³-hybridized carbons (Fsp3) is 0.261. The number of ether oxygens (including phenoxy) is 2. The number of rotatable bonds is 6. The number of nitrogens with zero attached hydrogens (tertiary/aromatic N) is 2. The fourth-order valence-electron chi connectivity index (χ4n) is 3.53. The zero-order valence-electron chi connectivity index (χ0n) is 16.8. The second-order valence-corrected chi connectivity index (χ2v) is 7.10. The summed E-state index contributed by atoms with van der Waals surface area (Å²) in [7, 11) is 1.55. The van der Waals surface area contributed by atoms with E-state index in [-0.39, 0.29) is 6.61 Å². The van der Waals surface area contributed by atoms with E-state index < -0.39 is 11.9 Å². The van der Waals surface area contributed by atoms with Crippen molar-refractivity contribution in [1.29, 1.82) is 0 Å². The molecule has 0 radical (unpaired) electrons. The molecule has 30 heavy (non-hydrogen) atoms. The number of esters is 1. The highest BCUT2D eigenvalue weighted by Crippen LogP contribution is 2.27. The van der Waals surface area contributed by atoms with Crippen LogP contribution in [0.2, 0.25) is 0 Å². The van der Waals surface area contributed by atoms with Gasteiger partial charge in [-0.3, -0.25) is 4.79 Å². The Hall–Kier alpha value is -3.61. The molecule has 0 saturated carbocycles. The van der Waals surface area contributed by atoms with Gasteiger partial charge in [0.05, 0.1) is 12.6 Å². The average Bonchev–Trinajstić information content (AvgIpc) is 3.31. The van der Waals surface area contributed by atoms with E-state index in [2.05, 4.69) is 10.2 Å². The van der Waals surface area contributed by atoms with Crippen LogP contribution in [0.3, 0.4) is 0 Å². The van der Waals surface area contributed by atoms with Gasteiger partial charge in [-0.05, 0) is 37.1 Å². The minimum Gasteiger partial charge on any atom is -0.497 e. The van der Waals surface area contributed by atoms with Crippen LogP contribution in [-0.2, 0) is 9.53 Å². The Bertz CT molecular complexity index is 1080. The lowest BCUT2D eigenvalue weighted by molar-refractivity contribution is -0.119. The maximum Gasteiger partial charge on any atom is 0.342 e. The second-order valence-electron chi connectivity index (χ2n) is 7.10. The van der Waals surface area contributed by atoms with Crippen molar-refractivity contribution in [2.24, 2.45) is 0 Å². The molecule has 1 aliphatic heterocycles. The lowest BCUT2D eigenvalue weighted by Crippen LogP contribution is -2.25. The number of hydrogen-bond donors (Lipinski definition) is 1. The number of aromatic nitrogens is 1. The Morgan fingerprint density at radius 2 is 1.87 bits per heavy atom. The molecule has 7 heteroatoms. The van der Waals surface area contributed by atoms with E-state index in [4.69, 9.17) is 14.5 Å². The topological polar surface area (TPSA) is 80.8 Å². The summed E-state index contributed by atoms with van der Waals surface area (Å²) in [6.07, 6.45) is 2.12. The summed E-state index contributed by atoms with van der Waals surface area (Å²) in [6.45, 7) is 1.31. The summed E-state index contributed by atoms with van der Waals surface area (Å²) >= 11 is 0. The molecule has 0 bridgehead atoms. The largest absolute Gasteiger partial charge is 0.497 e. The van der Waals surface area contributed by atoms with Crippen LogP contribution in [0.15, 0.2) is 54.6 Å². The Morgan fingerprint density at radius 3 is 2.67 bits per heavy atom. The second kappa shape index (κ2) is 8.82. The van der Waals surface area contributed by atoms with E-state index in [9.17, 15) is 9.59 Å². The fourth-order valence-corrected chi connectivity index (χ4v) is 3.53. The summed E-state index contributed by atoms with van der Waals surface area (Å²) in [6, 6.07) is 16.4. The molecular formula is C23H23N3O4. The predicted octanol–water partition coefficient (Wildman–Crippen LogP) is 3.64. The third-order valence-electron chi connectivity index (χ3n) is 5.02. The molecule has 0 aliphatic carbocycles. The molecule has 1 fully saturated rings. The summed E-state index contributed by atoms with van der Waals surface area (Å²) in [4.78, 5) is 31.9. The minimum atomic E-state index is -0.559. The molecular weight excluding hydrogens is 382 g/mol. The summed E-state index contributed by atoms with van der Waals surface area (Å²) in [5.41, 5.74) is 1.78. The zero-order chi connectivity index (χ0) is 20.9. The first-order valence-electron chi connectivity index (χ1n) is 9.90. The highest BCUT2D eigenvalue weighted by molar-refractivity contribution is 6.01. The Labute approximate surface area is 174 Å². The minimum absolute atomic E-state index is 0.379. The number of nitrogens with one attached hydrogen (secondary N) is 1. The molecule has 1 amide bonds. The average molecular weight is 405 g/mol. The van der Waals surface area contributed by atoms with Crippen molar-refractivity contribution < 1.29 is 19.1 Å². The van der Waals surface area contributed by atoms with Crippen molar-refractivity contribution in [2.45, 2.75) is 12.8 Å². The SMILES string of the molecule is COc1cccc(NC(=O)COC(=O)c2cc3ccccc3nc2N2CCCC2)c1. The molecule has 3 aromatic rings. The molecule has 4 rings (SSSR count). The Balaban J connectivity index is 1.49. The van der Waals surface area contributed by atoms with Crippen molar-refractivity contribution in [3.8, 4) is 5.75 Å². The quantitative estimate of drug-likeness (QED) is 0.631. The molecule has 2 aromatic carbocycles. The number of pyridine rings is 1. The van der Waals surface area contributed by atoms with Crippen LogP contribution in [0.5, 0.6) is 5.75 Å². The van der Waals surface area contributed by atoms with Crippen molar-refractivity contribution in [1.82, 2.24) is 4.98 Å². The van der Waals surface area contributed by atoms with Crippen LogP contribution in [0.4, 0.5) is 11.5 Å². The summed E-state index contributed by atoms with van der Waals surface area (Å²) in [5, 5.41) is 3.56. The van der Waals surface area contributed by atoms with Crippen LogP contribution in [0, 0.1) is 0 Å². The number of amides is 1. The van der Waals surface area contributed by atoms with E-state index in [0.29, 0.717) is 22.8 Å². The number of methoxy groups -OCH3 is 1. The van der Waals surface area contributed by atoms with Crippen LogP contribution >= 0.6 is 0 Å². The van der Waals surface area contributed by atoms with Gasteiger partial charge in [0, 0.05) is 30.2 Å². The first-order chi connectivity index (χ1) is 14.6. The highest BCUT2D eigenvalue weighted by atomic mass is 16.5. The molecule has 0 unspecified atom stereocenters. The van der Waals surface area contributed by atoms with Crippen molar-refractivity contribution in [3.05, 3.63) is 60.2 Å². The van der Waals surface area contributed by atoms with Crippen molar-refractivity contribution >= 4 is 34.3 Å². The number of benzene rings is 2. The van der Waals surface area contributed by atoms with Crippen LogP contribution < -0.4 is 15.0 Å². The summed E-state index contributed by atoms with van der Waals surface area (Å²) in [5.74, 6) is 0.260. The van der Waals surface area contributed by atoms with Gasteiger partial charge in [0.15, 0.2) is 6.61 Å². The third-order valence-corrected chi connectivity index (χ3v) is 5.02. The van der Waals surface area contributed by atoms with Crippen LogP contribution in [0.25, 0.3) is 10.9 Å². The lowest BCUT2D eigenvalue weighted by atomic mass is 10.1. The molecule has 1 aliphatic rings. The number of anilines is 2. The van der Waals surface area contributed by atoms with Gasteiger partial charge >= 0.3 is 5.97 Å². The smallest absolute Gasteiger partial charge is 0.342 e. The van der Waals surface area contributed by atoms with E-state index in [1.54, 1.807) is 37.4 Å². The van der Waals surface area contributed by atoms with E-state index in [1.165, 1.54) is 0 Å². The van der Waals surface area contributed by atoms with Crippen LogP contribution in [-0.4, -0.2) is 43.7 Å². The highest BCUT2D eigenvalue weighted by Gasteiger charge is 2.23. The maximum absolute atomic E-state index is 12.8. The number of carbonyl (C=O) groups excluding carboxylic acids is 2. The number of para-hydroxylation sites is 1. The van der Waals surface area contributed by atoms with Gasteiger partial charge in [0.1, 0.15) is 17.1 Å². The van der Waals surface area contributed by atoms with E-state index >= 15 is 0 Å². The Morgan fingerprint density at radius 1 is 1.07 bits per heavy atom. The van der Waals surface area contributed by atoms with Crippen LogP contribution in [0.1, 0.15) is 23.2 Å². The maximum atomic E-state index is 12.8. The van der Waals surface area contributed by atoms with E-state index in [1.807, 2.05) is 24.3 Å². The molecule has 2 heterocycles. The first kappa shape index (κ1) is 19.7. The monoisotopic (exact) mass is 405 g/mol.